The van der Waals surface area contributed by atoms with Crippen molar-refractivity contribution in [2.75, 3.05) is 20.3 Å². The van der Waals surface area contributed by atoms with Crippen molar-refractivity contribution in [3.63, 3.8) is 0 Å². The molecule has 4 aliphatic carbocycles. The Morgan fingerprint density at radius 2 is 1.76 bits per heavy atom. The van der Waals surface area contributed by atoms with E-state index >= 15 is 0 Å². The molecule has 0 saturated heterocycles. The van der Waals surface area contributed by atoms with E-state index in [9.17, 15) is 29.9 Å². The second kappa shape index (κ2) is 15.8. The van der Waals surface area contributed by atoms with E-state index < -0.39 is 11.1 Å². The van der Waals surface area contributed by atoms with Crippen LogP contribution in [-0.2, 0) is 19.2 Å². The topological polar surface area (TPSA) is 155 Å². The van der Waals surface area contributed by atoms with Crippen LogP contribution in [0.3, 0.4) is 0 Å². The number of unbranched alkanes of at least 4 members (excludes halogenated alkanes) is 1. The van der Waals surface area contributed by atoms with E-state index in [2.05, 4.69) is 25.6 Å². The van der Waals surface area contributed by atoms with Gasteiger partial charge >= 0.3 is 11.9 Å². The van der Waals surface area contributed by atoms with Gasteiger partial charge in [0.15, 0.2) is 11.5 Å². The van der Waals surface area contributed by atoms with E-state index in [4.69, 9.17) is 14.2 Å². The van der Waals surface area contributed by atoms with Crippen LogP contribution in [0.4, 0.5) is 0 Å². The summed E-state index contributed by atoms with van der Waals surface area (Å²) in [5.41, 5.74) is 1.02. The average molecular weight is 686 g/mol. The molecule has 4 fully saturated rings. The highest BCUT2D eigenvalue weighted by molar-refractivity contribution is 5.87. The van der Waals surface area contributed by atoms with Crippen LogP contribution in [0.15, 0.2) is 24.3 Å². The normalized spacial score (nSPS) is 34.3. The Morgan fingerprint density at radius 3 is 2.51 bits per heavy atom. The largest absolute Gasteiger partial charge is 0.493 e. The van der Waals surface area contributed by atoms with Gasteiger partial charge in [-0.3, -0.25) is 4.79 Å². The van der Waals surface area contributed by atoms with Gasteiger partial charge in [0, 0.05) is 12.5 Å². The van der Waals surface area contributed by atoms with E-state index in [1.165, 1.54) is 13.2 Å². The number of benzene rings is 1. The number of hydrogen-bond acceptors (Lipinski definition) is 10. The molecular formula is C38H55NO10. The van der Waals surface area contributed by atoms with Gasteiger partial charge in [-0.2, -0.15) is 0 Å². The van der Waals surface area contributed by atoms with Crippen molar-refractivity contribution in [2.24, 2.45) is 46.3 Å². The smallest absolute Gasteiger partial charge is 0.330 e. The number of hydrogen-bond donors (Lipinski definition) is 2. The molecule has 4 aliphatic rings. The lowest BCUT2D eigenvalue weighted by Crippen LogP contribution is -2.58. The number of carbonyl (C=O) groups excluding carboxylic acids is 2. The first-order valence-electron chi connectivity index (χ1n) is 18.2. The molecule has 11 heteroatoms. The van der Waals surface area contributed by atoms with Crippen LogP contribution in [0.5, 0.6) is 11.5 Å². The summed E-state index contributed by atoms with van der Waals surface area (Å²) in [5.74, 6) is 2.41. The lowest BCUT2D eigenvalue weighted by molar-refractivity contribution is -0.757. The second-order valence-corrected chi connectivity index (χ2v) is 15.6. The minimum atomic E-state index is -0.853. The van der Waals surface area contributed by atoms with Crippen LogP contribution in [0.1, 0.15) is 103 Å². The number of aliphatic hydroxyl groups is 2. The fourth-order valence-corrected chi connectivity index (χ4v) is 10.5. The molecule has 5 rings (SSSR count). The number of methoxy groups -OCH3 is 1. The Morgan fingerprint density at radius 1 is 1.02 bits per heavy atom. The van der Waals surface area contributed by atoms with E-state index in [1.807, 2.05) is 0 Å². The van der Waals surface area contributed by atoms with Crippen LogP contribution in [0, 0.1) is 56.5 Å². The Bertz CT molecular complexity index is 1370. The van der Waals surface area contributed by atoms with Crippen molar-refractivity contribution in [2.45, 2.75) is 110 Å². The lowest BCUT2D eigenvalue weighted by Gasteiger charge is -2.62. The third-order valence-electron chi connectivity index (χ3n) is 13.0. The molecular weight excluding hydrogens is 630 g/mol. The highest BCUT2D eigenvalue weighted by Gasteiger charge is 2.62. The summed E-state index contributed by atoms with van der Waals surface area (Å²) in [7, 11) is 1.49. The Balaban J connectivity index is 1.11. The summed E-state index contributed by atoms with van der Waals surface area (Å²) in [6.45, 7) is 7.24. The van der Waals surface area contributed by atoms with Gasteiger partial charge < -0.3 is 29.3 Å². The molecule has 0 aliphatic heterocycles. The quantitative estimate of drug-likeness (QED) is 0.0550. The maximum atomic E-state index is 13.0. The molecule has 0 amide bonds. The highest BCUT2D eigenvalue weighted by atomic mass is 16.9. The van der Waals surface area contributed by atoms with Crippen molar-refractivity contribution in [1.82, 2.24) is 0 Å². The average Bonchev–Trinajstić information content (AvgIpc) is 3.42. The fraction of sp³-hybridized carbons (Fsp3) is 0.737. The molecule has 0 aromatic heterocycles. The van der Waals surface area contributed by atoms with Crippen LogP contribution in [0.25, 0.3) is 6.08 Å². The molecule has 0 radical (unpaired) electrons. The number of aliphatic hydroxyl groups excluding tert-OH is 2. The van der Waals surface area contributed by atoms with Crippen molar-refractivity contribution in [3.8, 4) is 11.5 Å². The molecule has 1 aromatic rings. The predicted molar refractivity (Wildman–Crippen MR) is 182 cm³/mol. The zero-order valence-corrected chi connectivity index (χ0v) is 29.5. The molecule has 0 heterocycles. The molecule has 10 atom stereocenters. The standard InChI is InChI=1S/C38H55NO10/c1-24(28-10-11-29-36-30(16-18-38(28,29)3)37(2)17-15-27(40)22-26(37)23-31(36)41)7-13-35(43)49-32-12-8-25(21-33(32)46-4)9-14-34(42)47-19-5-6-20-48-39(44)45/h8-9,12,14,21,24,26-31,36,40-41H,5-7,10-11,13,15-20,22-23H2,1-4H3/b14-9+/t24-,26-,27+,28+,29-,30+,31-,36+,37-,38+/m0/s1. The van der Waals surface area contributed by atoms with Gasteiger partial charge in [-0.15, -0.1) is 10.1 Å². The molecule has 49 heavy (non-hydrogen) atoms. The first kappa shape index (κ1) is 37.1. The first-order chi connectivity index (χ1) is 23.4. The Hall–Kier alpha value is -3.18. The number of fused-ring (bicyclic) bond motifs is 5. The summed E-state index contributed by atoms with van der Waals surface area (Å²) >= 11 is 0. The molecule has 4 saturated carbocycles. The van der Waals surface area contributed by atoms with E-state index in [1.54, 1.807) is 24.3 Å². The second-order valence-electron chi connectivity index (χ2n) is 15.6. The minimum Gasteiger partial charge on any atom is -0.493 e. The highest BCUT2D eigenvalue weighted by Crippen LogP contribution is 2.68. The molecule has 1 aromatic carbocycles. The third-order valence-corrected chi connectivity index (χ3v) is 13.0. The van der Waals surface area contributed by atoms with E-state index in [0.29, 0.717) is 71.8 Å². The van der Waals surface area contributed by atoms with Crippen LogP contribution in [-0.4, -0.2) is 59.8 Å². The first-order valence-corrected chi connectivity index (χ1v) is 18.2. The summed E-state index contributed by atoms with van der Waals surface area (Å²) < 4.78 is 16.3. The SMILES string of the molecule is COc1cc(/C=C/C(=O)OCCCCO[N+](=O)[O-])ccc1OC(=O)CC[C@H](C)[C@H]1CC[C@H]2[C@@H]3[C@@H](CC[C@]12C)[C@@]1(C)CC[C@@H](O)C[C@H]1C[C@@H]3O. The van der Waals surface area contributed by atoms with E-state index in [-0.39, 0.29) is 42.2 Å². The zero-order valence-electron chi connectivity index (χ0n) is 29.5. The number of nitrogens with zero attached hydrogens (tertiary/aromatic N) is 1. The Labute approximate surface area is 289 Å². The van der Waals surface area contributed by atoms with Gasteiger partial charge in [0.05, 0.1) is 32.5 Å². The van der Waals surface area contributed by atoms with Crippen molar-refractivity contribution >= 4 is 18.0 Å². The maximum absolute atomic E-state index is 13.0. The minimum absolute atomic E-state index is 0.0447. The Kier molecular flexibility index (Phi) is 12.0. The molecule has 0 unspecified atom stereocenters. The van der Waals surface area contributed by atoms with Crippen molar-refractivity contribution in [3.05, 3.63) is 40.0 Å². The maximum Gasteiger partial charge on any atom is 0.330 e. The molecule has 2 N–H and O–H groups in total. The van der Waals surface area contributed by atoms with Crippen molar-refractivity contribution < 1.29 is 43.9 Å². The number of ether oxygens (including phenoxy) is 3. The van der Waals surface area contributed by atoms with Gasteiger partial charge in [-0.1, -0.05) is 26.8 Å². The summed E-state index contributed by atoms with van der Waals surface area (Å²) in [4.78, 5) is 39.4. The molecule has 0 bridgehead atoms. The summed E-state index contributed by atoms with van der Waals surface area (Å²) in [5, 5.41) is 31.2. The zero-order chi connectivity index (χ0) is 35.3. The number of rotatable bonds is 14. The van der Waals surface area contributed by atoms with Crippen LogP contribution < -0.4 is 9.47 Å². The van der Waals surface area contributed by atoms with Crippen LogP contribution in [0.2, 0.25) is 0 Å². The third kappa shape index (κ3) is 8.25. The fourth-order valence-electron chi connectivity index (χ4n) is 10.5. The monoisotopic (exact) mass is 685 g/mol. The lowest BCUT2D eigenvalue weighted by atomic mass is 9.43. The van der Waals surface area contributed by atoms with Crippen molar-refractivity contribution in [1.29, 1.82) is 0 Å². The molecule has 11 nitrogen and oxygen atoms in total. The van der Waals surface area contributed by atoms with E-state index in [0.717, 1.165) is 57.8 Å². The molecule has 0 spiro atoms. The van der Waals surface area contributed by atoms with Gasteiger partial charge in [0.25, 0.3) is 5.09 Å². The summed E-state index contributed by atoms with van der Waals surface area (Å²) in [6.07, 6.45) is 12.3. The van der Waals surface area contributed by atoms with Crippen LogP contribution >= 0.6 is 0 Å². The van der Waals surface area contributed by atoms with Gasteiger partial charge in [-0.25, -0.2) is 4.79 Å². The van der Waals surface area contributed by atoms with Gasteiger partial charge in [0.2, 0.25) is 0 Å². The summed E-state index contributed by atoms with van der Waals surface area (Å²) in [6, 6.07) is 5.05. The molecule has 272 valence electrons. The van der Waals surface area contributed by atoms with Gasteiger partial charge in [0.1, 0.15) is 0 Å². The predicted octanol–water partition coefficient (Wildman–Crippen LogP) is 6.55. The number of carbonyl (C=O) groups is 2. The van der Waals surface area contributed by atoms with Gasteiger partial charge in [-0.05, 0) is 141 Å². The number of esters is 2.